The Kier molecular flexibility index (Phi) is 5.11. The number of carbonyl (C=O) groups excluding carboxylic acids is 1. The molecule has 0 radical (unpaired) electrons. The van der Waals surface area contributed by atoms with E-state index in [0.717, 1.165) is 28.0 Å². The van der Waals surface area contributed by atoms with Gasteiger partial charge in [0.2, 0.25) is 5.91 Å². The summed E-state index contributed by atoms with van der Waals surface area (Å²) in [7, 11) is -1.30. The van der Waals surface area contributed by atoms with E-state index in [1.54, 1.807) is 19.4 Å². The van der Waals surface area contributed by atoms with Crippen LogP contribution in [-0.4, -0.2) is 65.0 Å². The third kappa shape index (κ3) is 3.62. The second-order valence-corrected chi connectivity index (χ2v) is 11.3. The molecule has 172 valence electrons. The summed E-state index contributed by atoms with van der Waals surface area (Å²) in [6.07, 6.45) is 6.63. The third-order valence-corrected chi connectivity index (χ3v) is 8.59. The van der Waals surface area contributed by atoms with Crippen molar-refractivity contribution >= 4 is 38.2 Å². The van der Waals surface area contributed by atoms with Gasteiger partial charge in [-0.1, -0.05) is 5.16 Å². The number of oxime groups is 1. The van der Waals surface area contributed by atoms with Gasteiger partial charge < -0.3 is 15.5 Å². The lowest BCUT2D eigenvalue weighted by atomic mass is 9.68. The number of anilines is 1. The van der Waals surface area contributed by atoms with Gasteiger partial charge in [0.15, 0.2) is 5.65 Å². The smallest absolute Gasteiger partial charge is 0.223 e. The molecule has 2 aromatic heterocycles. The molecule has 0 unspecified atom stereocenters. The lowest BCUT2D eigenvalue weighted by Gasteiger charge is -2.41. The fourth-order valence-electron chi connectivity index (χ4n) is 4.98. The van der Waals surface area contributed by atoms with Gasteiger partial charge in [0.25, 0.3) is 0 Å². The summed E-state index contributed by atoms with van der Waals surface area (Å²) in [5, 5.41) is 16.0. The fourth-order valence-corrected chi connectivity index (χ4v) is 6.48. The lowest BCUT2D eigenvalue weighted by molar-refractivity contribution is -0.146. The molecule has 1 spiro atoms. The van der Waals surface area contributed by atoms with Crippen molar-refractivity contribution in [2.45, 2.75) is 57.2 Å². The van der Waals surface area contributed by atoms with Crippen molar-refractivity contribution in [3.8, 4) is 0 Å². The summed E-state index contributed by atoms with van der Waals surface area (Å²) in [6, 6.07) is 0.0473. The molecule has 32 heavy (non-hydrogen) atoms. The van der Waals surface area contributed by atoms with Crippen LogP contribution in [0, 0.1) is 5.92 Å². The Balaban J connectivity index is 1.43. The maximum Gasteiger partial charge on any atom is 0.223 e. The molecular formula is C21H28N6O4S. The number of aromatic nitrogens is 3. The van der Waals surface area contributed by atoms with Crippen LogP contribution < -0.4 is 10.6 Å². The van der Waals surface area contributed by atoms with E-state index in [0.29, 0.717) is 38.6 Å². The molecule has 1 amide bonds. The van der Waals surface area contributed by atoms with Gasteiger partial charge in [0, 0.05) is 56.6 Å². The maximum absolute atomic E-state index is 11.9. The molecule has 1 saturated heterocycles. The largest absolute Gasteiger partial charge is 0.388 e. The van der Waals surface area contributed by atoms with Crippen LogP contribution in [0.2, 0.25) is 0 Å². The van der Waals surface area contributed by atoms with Crippen molar-refractivity contribution < 1.29 is 18.0 Å². The van der Waals surface area contributed by atoms with Gasteiger partial charge in [-0.05, 0) is 19.8 Å². The first-order valence-corrected chi connectivity index (χ1v) is 12.9. The Morgan fingerprint density at radius 1 is 1.28 bits per heavy atom. The van der Waals surface area contributed by atoms with E-state index in [4.69, 9.17) is 4.84 Å². The van der Waals surface area contributed by atoms with Crippen LogP contribution in [0.25, 0.3) is 11.0 Å². The highest BCUT2D eigenvalue weighted by atomic mass is 32.2. The quantitative estimate of drug-likeness (QED) is 0.691. The SMILES string of the molecule is CCn1ncc2c(NC3CCS(=O)(=O)CC3)c(C3=NOC4(C3)CC(C(=O)NC)C4)cnc21. The molecule has 2 N–H and O–H groups in total. The Morgan fingerprint density at radius 3 is 2.72 bits per heavy atom. The number of nitrogens with zero attached hydrogens (tertiary/aromatic N) is 4. The number of hydrogen-bond acceptors (Lipinski definition) is 8. The molecule has 1 saturated carbocycles. The summed E-state index contributed by atoms with van der Waals surface area (Å²) in [5.41, 5.74) is 2.87. The van der Waals surface area contributed by atoms with Crippen LogP contribution in [0.3, 0.4) is 0 Å². The Labute approximate surface area is 186 Å². The van der Waals surface area contributed by atoms with E-state index in [2.05, 4.69) is 25.9 Å². The zero-order chi connectivity index (χ0) is 22.5. The number of amides is 1. The second kappa shape index (κ2) is 7.72. The van der Waals surface area contributed by atoms with Crippen LogP contribution >= 0.6 is 0 Å². The summed E-state index contributed by atoms with van der Waals surface area (Å²) in [4.78, 5) is 22.4. The van der Waals surface area contributed by atoms with Gasteiger partial charge in [-0.25, -0.2) is 18.1 Å². The first-order valence-electron chi connectivity index (χ1n) is 11.1. The van der Waals surface area contributed by atoms with E-state index in [1.165, 1.54) is 0 Å². The summed E-state index contributed by atoms with van der Waals surface area (Å²) < 4.78 is 25.6. The average molecular weight is 461 g/mol. The first kappa shape index (κ1) is 21.2. The molecule has 2 aliphatic heterocycles. The molecule has 4 heterocycles. The zero-order valence-electron chi connectivity index (χ0n) is 18.3. The number of sulfone groups is 1. The number of aryl methyl sites for hydroxylation is 1. The monoisotopic (exact) mass is 460 g/mol. The highest BCUT2D eigenvalue weighted by Gasteiger charge is 2.53. The minimum Gasteiger partial charge on any atom is -0.388 e. The van der Waals surface area contributed by atoms with Gasteiger partial charge in [0.1, 0.15) is 15.4 Å². The van der Waals surface area contributed by atoms with Crippen molar-refractivity contribution in [2.24, 2.45) is 11.1 Å². The van der Waals surface area contributed by atoms with E-state index in [-0.39, 0.29) is 29.4 Å². The Hall–Kier alpha value is -2.69. The minimum atomic E-state index is -2.95. The van der Waals surface area contributed by atoms with Gasteiger partial charge in [0.05, 0.1) is 34.5 Å². The average Bonchev–Trinajstić information content (AvgIpc) is 3.38. The molecule has 0 atom stereocenters. The number of nitrogens with one attached hydrogen (secondary N) is 2. The van der Waals surface area contributed by atoms with Gasteiger partial charge in [-0.2, -0.15) is 5.10 Å². The van der Waals surface area contributed by atoms with Crippen molar-refractivity contribution in [2.75, 3.05) is 23.9 Å². The predicted molar refractivity (Wildman–Crippen MR) is 120 cm³/mol. The molecule has 0 bridgehead atoms. The van der Waals surface area contributed by atoms with Crippen molar-refractivity contribution in [1.82, 2.24) is 20.1 Å². The topological polar surface area (TPSA) is 128 Å². The van der Waals surface area contributed by atoms with E-state index in [1.807, 2.05) is 11.6 Å². The highest BCUT2D eigenvalue weighted by molar-refractivity contribution is 7.91. The Bertz CT molecular complexity index is 1180. The third-order valence-electron chi connectivity index (χ3n) is 6.87. The zero-order valence-corrected chi connectivity index (χ0v) is 19.1. The van der Waals surface area contributed by atoms with Crippen molar-refractivity contribution in [1.29, 1.82) is 0 Å². The minimum absolute atomic E-state index is 0.0392. The summed E-state index contributed by atoms with van der Waals surface area (Å²) in [5.74, 6) is 0.379. The number of rotatable bonds is 5. The van der Waals surface area contributed by atoms with Crippen LogP contribution in [0.15, 0.2) is 17.5 Å². The van der Waals surface area contributed by atoms with Crippen LogP contribution in [0.5, 0.6) is 0 Å². The number of fused-ring (bicyclic) bond motifs is 1. The van der Waals surface area contributed by atoms with Crippen molar-refractivity contribution in [3.05, 3.63) is 18.0 Å². The van der Waals surface area contributed by atoms with Gasteiger partial charge in [-0.3, -0.25) is 4.79 Å². The molecule has 2 aromatic rings. The normalized spacial score (nSPS) is 22.4. The Morgan fingerprint density at radius 2 is 2.03 bits per heavy atom. The van der Waals surface area contributed by atoms with Crippen LogP contribution in [0.4, 0.5) is 5.69 Å². The van der Waals surface area contributed by atoms with Crippen LogP contribution in [-0.2, 0) is 26.0 Å². The number of carbonyl (C=O) groups is 1. The van der Waals surface area contributed by atoms with Gasteiger partial charge >= 0.3 is 0 Å². The summed E-state index contributed by atoms with van der Waals surface area (Å²) in [6.45, 7) is 2.71. The number of hydrogen-bond donors (Lipinski definition) is 2. The molecule has 1 aliphatic carbocycles. The second-order valence-electron chi connectivity index (χ2n) is 9.02. The molecule has 5 rings (SSSR count). The highest BCUT2D eigenvalue weighted by Crippen LogP contribution is 2.48. The van der Waals surface area contributed by atoms with E-state index >= 15 is 0 Å². The predicted octanol–water partition coefficient (Wildman–Crippen LogP) is 1.46. The van der Waals surface area contributed by atoms with E-state index in [9.17, 15) is 13.2 Å². The first-order chi connectivity index (χ1) is 15.3. The van der Waals surface area contributed by atoms with E-state index < -0.39 is 15.4 Å². The van der Waals surface area contributed by atoms with Crippen LogP contribution in [0.1, 0.15) is 44.6 Å². The molecule has 3 aliphatic rings. The van der Waals surface area contributed by atoms with Gasteiger partial charge in [-0.15, -0.1) is 0 Å². The standard InChI is InChI=1S/C21H28N6O4S/c1-3-27-19-16(12-24-27)18(25-14-4-6-32(29,30)7-5-14)15(11-23-19)17-10-21(31-26-17)8-13(9-21)20(28)22-2/h11-14H,3-10H2,1-2H3,(H,22,28)(H,23,25). The van der Waals surface area contributed by atoms with Crippen molar-refractivity contribution in [3.63, 3.8) is 0 Å². The molecule has 11 heteroatoms. The summed E-state index contributed by atoms with van der Waals surface area (Å²) >= 11 is 0. The maximum atomic E-state index is 11.9. The molecule has 10 nitrogen and oxygen atoms in total. The molecule has 2 fully saturated rings. The number of pyridine rings is 1. The molecule has 0 aromatic carbocycles. The molecular weight excluding hydrogens is 432 g/mol. The fraction of sp³-hybridized carbons (Fsp3) is 0.619. The lowest BCUT2D eigenvalue weighted by Crippen LogP contribution is -2.49.